The molecule has 2 heterocycles. The zero-order valence-electron chi connectivity index (χ0n) is 20.3. The lowest BCUT2D eigenvalue weighted by Crippen LogP contribution is -2.57. The van der Waals surface area contributed by atoms with E-state index in [1.807, 2.05) is 70.6 Å². The smallest absolute Gasteiger partial charge is 0.408 e. The summed E-state index contributed by atoms with van der Waals surface area (Å²) in [6.45, 7) is 12.7. The average molecular weight is 444 g/mol. The number of amides is 1. The van der Waals surface area contributed by atoms with E-state index < -0.39 is 17.2 Å². The van der Waals surface area contributed by atoms with E-state index in [4.69, 9.17) is 4.74 Å². The summed E-state index contributed by atoms with van der Waals surface area (Å²) < 4.78 is 7.38. The van der Waals surface area contributed by atoms with Crippen LogP contribution in [0.1, 0.15) is 58.8 Å². The summed E-state index contributed by atoms with van der Waals surface area (Å²) in [6, 6.07) is 3.99. The number of nitrogens with zero attached hydrogens (tertiary/aromatic N) is 4. The topological polar surface area (TPSA) is 105 Å². The fourth-order valence-corrected chi connectivity index (χ4v) is 3.18. The van der Waals surface area contributed by atoms with Crippen LogP contribution in [0.3, 0.4) is 0 Å². The second kappa shape index (κ2) is 11.0. The van der Waals surface area contributed by atoms with E-state index in [1.165, 1.54) is 0 Å². The van der Waals surface area contributed by atoms with Crippen molar-refractivity contribution in [2.45, 2.75) is 72.1 Å². The molecule has 0 aliphatic heterocycles. The maximum absolute atomic E-state index is 12.3. The largest absolute Gasteiger partial charge is 0.444 e. The van der Waals surface area contributed by atoms with E-state index in [1.54, 1.807) is 13.2 Å². The summed E-state index contributed by atoms with van der Waals surface area (Å²) in [5.41, 5.74) is 0.0486. The summed E-state index contributed by atoms with van der Waals surface area (Å²) in [5.74, 6) is 2.37. The third-order valence-electron chi connectivity index (χ3n) is 5.28. The molecule has 32 heavy (non-hydrogen) atoms. The molecule has 0 fully saturated rings. The average Bonchev–Trinajstić information content (AvgIpc) is 3.18. The summed E-state index contributed by atoms with van der Waals surface area (Å²) in [4.78, 5) is 25.4. The SMILES string of the molecule is CCC(CC)(CNC(=NC)NCc1ccc(-n2ccnc2C)nc1)NC(=O)OC(C)(C)C. The second-order valence-electron chi connectivity index (χ2n) is 8.76. The molecule has 1 amide bonds. The third kappa shape index (κ3) is 7.25. The number of pyridine rings is 1. The molecule has 3 N–H and O–H groups in total. The lowest BCUT2D eigenvalue weighted by Gasteiger charge is -2.34. The molecule has 0 aliphatic carbocycles. The van der Waals surface area contributed by atoms with Crippen molar-refractivity contribution >= 4 is 12.1 Å². The van der Waals surface area contributed by atoms with Gasteiger partial charge < -0.3 is 20.7 Å². The minimum absolute atomic E-state index is 0.412. The Hall–Kier alpha value is -3.10. The van der Waals surface area contributed by atoms with Gasteiger partial charge in [-0.05, 0) is 52.2 Å². The molecule has 2 aromatic heterocycles. The van der Waals surface area contributed by atoms with Crippen LogP contribution < -0.4 is 16.0 Å². The van der Waals surface area contributed by atoms with Crippen molar-refractivity contribution in [3.05, 3.63) is 42.1 Å². The molecule has 0 atom stereocenters. The molecular formula is C23H37N7O2. The van der Waals surface area contributed by atoms with Crippen LogP contribution in [0.5, 0.6) is 0 Å². The number of rotatable bonds is 8. The number of ether oxygens (including phenoxy) is 1. The minimum atomic E-state index is -0.539. The van der Waals surface area contributed by atoms with E-state index in [2.05, 4.69) is 30.9 Å². The molecular weight excluding hydrogens is 406 g/mol. The molecule has 0 unspecified atom stereocenters. The van der Waals surface area contributed by atoms with Crippen molar-refractivity contribution < 1.29 is 9.53 Å². The van der Waals surface area contributed by atoms with E-state index in [0.717, 1.165) is 30.0 Å². The van der Waals surface area contributed by atoms with Gasteiger partial charge in [-0.2, -0.15) is 0 Å². The summed E-state index contributed by atoms with van der Waals surface area (Å²) >= 11 is 0. The van der Waals surface area contributed by atoms with E-state index in [9.17, 15) is 4.79 Å². The Morgan fingerprint density at radius 1 is 1.16 bits per heavy atom. The highest BCUT2D eigenvalue weighted by atomic mass is 16.6. The number of hydrogen-bond donors (Lipinski definition) is 3. The van der Waals surface area contributed by atoms with Crippen molar-refractivity contribution in [1.82, 2.24) is 30.5 Å². The second-order valence-corrected chi connectivity index (χ2v) is 8.76. The van der Waals surface area contributed by atoms with Crippen LogP contribution in [-0.4, -0.2) is 51.3 Å². The number of alkyl carbamates (subject to hydrolysis) is 1. The van der Waals surface area contributed by atoms with Crippen molar-refractivity contribution in [3.8, 4) is 5.82 Å². The molecule has 2 rings (SSSR count). The van der Waals surface area contributed by atoms with Crippen molar-refractivity contribution in [3.63, 3.8) is 0 Å². The molecule has 0 radical (unpaired) electrons. The molecule has 2 aromatic rings. The van der Waals surface area contributed by atoms with Gasteiger partial charge in [0, 0.05) is 38.7 Å². The van der Waals surface area contributed by atoms with E-state index in [-0.39, 0.29) is 0 Å². The number of nitrogens with one attached hydrogen (secondary N) is 3. The van der Waals surface area contributed by atoms with Gasteiger partial charge in [-0.15, -0.1) is 0 Å². The Labute approximate surface area is 191 Å². The molecule has 0 aliphatic rings. The molecule has 0 saturated carbocycles. The first-order chi connectivity index (χ1) is 15.1. The summed E-state index contributed by atoms with van der Waals surface area (Å²) in [5, 5.41) is 9.67. The van der Waals surface area contributed by atoms with Crippen LogP contribution in [-0.2, 0) is 11.3 Å². The Morgan fingerprint density at radius 3 is 2.38 bits per heavy atom. The molecule has 0 aromatic carbocycles. The van der Waals surface area contributed by atoms with E-state index in [0.29, 0.717) is 19.0 Å². The number of imidazole rings is 1. The number of aromatic nitrogens is 3. The fourth-order valence-electron chi connectivity index (χ4n) is 3.18. The zero-order chi connectivity index (χ0) is 23.8. The Kier molecular flexibility index (Phi) is 8.63. The third-order valence-corrected chi connectivity index (χ3v) is 5.28. The van der Waals surface area contributed by atoms with E-state index >= 15 is 0 Å². The highest BCUT2D eigenvalue weighted by Crippen LogP contribution is 2.16. The minimum Gasteiger partial charge on any atom is -0.444 e. The summed E-state index contributed by atoms with van der Waals surface area (Å²) in [7, 11) is 1.72. The summed E-state index contributed by atoms with van der Waals surface area (Å²) in [6.07, 6.45) is 6.58. The predicted molar refractivity (Wildman–Crippen MR) is 127 cm³/mol. The van der Waals surface area contributed by atoms with Crippen LogP contribution in [0.4, 0.5) is 4.79 Å². The molecule has 0 saturated heterocycles. The molecule has 9 nitrogen and oxygen atoms in total. The monoisotopic (exact) mass is 443 g/mol. The fraction of sp³-hybridized carbons (Fsp3) is 0.565. The molecule has 0 bridgehead atoms. The van der Waals surface area contributed by atoms with Gasteiger partial charge in [0.25, 0.3) is 0 Å². The molecule has 9 heteroatoms. The number of aliphatic imine (C=N–C) groups is 1. The van der Waals surface area contributed by atoms with Gasteiger partial charge in [-0.25, -0.2) is 14.8 Å². The van der Waals surface area contributed by atoms with Crippen molar-refractivity contribution in [1.29, 1.82) is 0 Å². The first kappa shape index (κ1) is 25.2. The lowest BCUT2D eigenvalue weighted by atomic mass is 9.93. The number of guanidine groups is 1. The molecule has 176 valence electrons. The first-order valence-electron chi connectivity index (χ1n) is 11.0. The first-order valence-corrected chi connectivity index (χ1v) is 11.0. The van der Waals surface area contributed by atoms with Crippen molar-refractivity contribution in [2.75, 3.05) is 13.6 Å². The van der Waals surface area contributed by atoms with Gasteiger partial charge in [-0.3, -0.25) is 9.56 Å². The van der Waals surface area contributed by atoms with Crippen LogP contribution in [0.15, 0.2) is 35.7 Å². The highest BCUT2D eigenvalue weighted by molar-refractivity contribution is 5.79. The molecule has 0 spiro atoms. The zero-order valence-corrected chi connectivity index (χ0v) is 20.3. The van der Waals surface area contributed by atoms with Crippen LogP contribution in [0, 0.1) is 6.92 Å². The maximum Gasteiger partial charge on any atom is 0.408 e. The Bertz CT molecular complexity index is 894. The van der Waals surface area contributed by atoms with Gasteiger partial charge in [0.2, 0.25) is 0 Å². The van der Waals surface area contributed by atoms with Gasteiger partial charge in [-0.1, -0.05) is 19.9 Å². The van der Waals surface area contributed by atoms with Gasteiger partial charge >= 0.3 is 6.09 Å². The van der Waals surface area contributed by atoms with Crippen molar-refractivity contribution in [2.24, 2.45) is 4.99 Å². The van der Waals surface area contributed by atoms with Crippen LogP contribution in [0.25, 0.3) is 5.82 Å². The highest BCUT2D eigenvalue weighted by Gasteiger charge is 2.30. The number of carbonyl (C=O) groups excluding carboxylic acids is 1. The maximum atomic E-state index is 12.3. The Morgan fingerprint density at radius 2 is 1.88 bits per heavy atom. The Balaban J connectivity index is 1.93. The standard InChI is InChI=1S/C23H37N7O2/c1-8-23(9-2,29-21(31)32-22(4,5)6)16-28-20(24-7)27-15-18-10-11-19(26-14-18)30-13-12-25-17(30)3/h10-14H,8-9,15-16H2,1-7H3,(H,29,31)(H2,24,27,28). The van der Waals surface area contributed by atoms with Gasteiger partial charge in [0.15, 0.2) is 5.96 Å². The predicted octanol–water partition coefficient (Wildman–Crippen LogP) is 3.32. The van der Waals surface area contributed by atoms with Gasteiger partial charge in [0.1, 0.15) is 17.2 Å². The number of aryl methyl sites for hydroxylation is 1. The number of carbonyl (C=O) groups is 1. The van der Waals surface area contributed by atoms with Gasteiger partial charge in [0.05, 0.1) is 5.54 Å². The van der Waals surface area contributed by atoms with Crippen LogP contribution in [0.2, 0.25) is 0 Å². The number of hydrogen-bond acceptors (Lipinski definition) is 5. The van der Waals surface area contributed by atoms with Crippen LogP contribution >= 0.6 is 0 Å². The lowest BCUT2D eigenvalue weighted by molar-refractivity contribution is 0.0448. The quantitative estimate of drug-likeness (QED) is 0.427. The normalized spacial score (nSPS) is 12.4.